The Morgan fingerprint density at radius 2 is 2.04 bits per heavy atom. The molecule has 2 saturated heterocycles. The predicted octanol–water partition coefficient (Wildman–Crippen LogP) is 3.59. The monoisotopic (exact) mass is 400 g/mol. The molecule has 2 fully saturated rings. The van der Waals surface area contributed by atoms with Gasteiger partial charge in [0.25, 0.3) is 5.91 Å². The number of hydrogen-bond acceptors (Lipinski definition) is 4. The number of cyclic esters (lactones) is 1. The average molecular weight is 401 g/mol. The topological polar surface area (TPSA) is 49.9 Å². The summed E-state index contributed by atoms with van der Waals surface area (Å²) in [5, 5.41) is 0. The molecule has 0 atom stereocenters. The second kappa shape index (κ2) is 6.43. The van der Waals surface area contributed by atoms with Crippen molar-refractivity contribution < 1.29 is 14.3 Å². The average Bonchev–Trinajstić information content (AvgIpc) is 2.96. The highest BCUT2D eigenvalue weighted by Gasteiger charge is 2.38. The van der Waals surface area contributed by atoms with Crippen LogP contribution in [0.4, 0.5) is 4.79 Å². The van der Waals surface area contributed by atoms with Crippen molar-refractivity contribution in [2.45, 2.75) is 32.7 Å². The van der Waals surface area contributed by atoms with Crippen LogP contribution in [0.1, 0.15) is 36.4 Å². The minimum absolute atomic E-state index is 0.00981. The quantitative estimate of drug-likeness (QED) is 0.761. The van der Waals surface area contributed by atoms with Crippen LogP contribution in [0.2, 0.25) is 0 Å². The van der Waals surface area contributed by atoms with Crippen molar-refractivity contribution in [1.29, 1.82) is 0 Å². The highest BCUT2D eigenvalue weighted by Crippen LogP contribution is 2.29. The predicted molar refractivity (Wildman–Crippen MR) is 92.8 cm³/mol. The molecule has 0 bridgehead atoms. The molecule has 126 valence electrons. The molecule has 5 nitrogen and oxygen atoms in total. The number of likely N-dealkylation sites (tertiary alicyclic amines) is 1. The summed E-state index contributed by atoms with van der Waals surface area (Å²) < 4.78 is 6.27. The molecule has 1 aromatic heterocycles. The maximum atomic E-state index is 12.5. The fourth-order valence-electron chi connectivity index (χ4n) is 3.16. The minimum atomic E-state index is -0.212. The first-order valence-corrected chi connectivity index (χ1v) is 9.45. The molecule has 0 spiro atoms. The summed E-state index contributed by atoms with van der Waals surface area (Å²) in [7, 11) is 0. The number of piperidine rings is 1. The molecule has 0 aromatic carbocycles. The Morgan fingerprint density at radius 3 is 2.65 bits per heavy atom. The van der Waals surface area contributed by atoms with Gasteiger partial charge in [-0.25, -0.2) is 4.79 Å². The zero-order chi connectivity index (χ0) is 16.6. The number of halogens is 1. The number of nitrogens with zero attached hydrogens (tertiary/aromatic N) is 2. The summed E-state index contributed by atoms with van der Waals surface area (Å²) in [6.07, 6.45) is 1.41. The van der Waals surface area contributed by atoms with E-state index in [1.807, 2.05) is 21.9 Å². The summed E-state index contributed by atoms with van der Waals surface area (Å²) in [6.45, 7) is 6.79. The van der Waals surface area contributed by atoms with E-state index in [9.17, 15) is 9.59 Å². The van der Waals surface area contributed by atoms with Crippen molar-refractivity contribution in [2.24, 2.45) is 5.41 Å². The first kappa shape index (κ1) is 16.8. The van der Waals surface area contributed by atoms with Gasteiger partial charge in [-0.05, 0) is 40.9 Å². The van der Waals surface area contributed by atoms with Crippen LogP contribution in [0.5, 0.6) is 0 Å². The second-order valence-electron chi connectivity index (χ2n) is 6.97. The van der Waals surface area contributed by atoms with Gasteiger partial charge in [-0.1, -0.05) is 13.8 Å². The third-order valence-electron chi connectivity index (χ3n) is 4.40. The molecule has 0 unspecified atom stereocenters. The van der Waals surface area contributed by atoms with Gasteiger partial charge < -0.3 is 14.5 Å². The van der Waals surface area contributed by atoms with E-state index in [-0.39, 0.29) is 23.5 Å². The van der Waals surface area contributed by atoms with E-state index in [1.165, 1.54) is 11.3 Å². The zero-order valence-electron chi connectivity index (χ0n) is 13.4. The van der Waals surface area contributed by atoms with Crippen LogP contribution in [0.3, 0.4) is 0 Å². The summed E-state index contributed by atoms with van der Waals surface area (Å²) in [5.41, 5.74) is -0.00981. The zero-order valence-corrected chi connectivity index (χ0v) is 15.8. The van der Waals surface area contributed by atoms with Gasteiger partial charge in [0.05, 0.1) is 15.3 Å². The van der Waals surface area contributed by atoms with Crippen LogP contribution < -0.4 is 0 Å². The summed E-state index contributed by atoms with van der Waals surface area (Å²) in [4.78, 5) is 29.0. The van der Waals surface area contributed by atoms with E-state index >= 15 is 0 Å². The van der Waals surface area contributed by atoms with Gasteiger partial charge >= 0.3 is 6.09 Å². The normalized spacial score (nSPS) is 22.1. The highest BCUT2D eigenvalue weighted by atomic mass is 79.9. The van der Waals surface area contributed by atoms with E-state index in [1.54, 1.807) is 0 Å². The van der Waals surface area contributed by atoms with Crippen LogP contribution in [-0.2, 0) is 4.74 Å². The van der Waals surface area contributed by atoms with Crippen molar-refractivity contribution >= 4 is 39.3 Å². The van der Waals surface area contributed by atoms with E-state index in [4.69, 9.17) is 4.74 Å². The molecule has 2 aliphatic rings. The first-order valence-electron chi connectivity index (χ1n) is 7.84. The number of thiophene rings is 1. The smallest absolute Gasteiger partial charge is 0.410 e. The van der Waals surface area contributed by atoms with E-state index in [2.05, 4.69) is 29.8 Å². The number of hydrogen-bond donors (Lipinski definition) is 0. The van der Waals surface area contributed by atoms with Crippen LogP contribution in [0.15, 0.2) is 15.9 Å². The molecule has 23 heavy (non-hydrogen) atoms. The van der Waals surface area contributed by atoms with Gasteiger partial charge in [-0.15, -0.1) is 11.3 Å². The molecule has 7 heteroatoms. The van der Waals surface area contributed by atoms with Gasteiger partial charge in [0.15, 0.2) is 0 Å². The Labute approximate surface area is 148 Å². The second-order valence-corrected chi connectivity index (χ2v) is 9.44. The highest BCUT2D eigenvalue weighted by molar-refractivity contribution is 9.11. The number of carbonyl (C=O) groups is 2. The van der Waals surface area contributed by atoms with Gasteiger partial charge in [0.1, 0.15) is 0 Å². The maximum Gasteiger partial charge on any atom is 0.410 e. The Kier molecular flexibility index (Phi) is 4.69. The molecular weight excluding hydrogens is 380 g/mol. The third-order valence-corrected chi connectivity index (χ3v) is 6.01. The molecular formula is C16H21BrN2O3S. The lowest BCUT2D eigenvalue weighted by molar-refractivity contribution is -0.0153. The molecule has 2 aliphatic heterocycles. The Morgan fingerprint density at radius 1 is 1.35 bits per heavy atom. The minimum Gasteiger partial charge on any atom is -0.449 e. The SMILES string of the molecule is CC1(C)COC(=O)N(C2CCN(C(=O)c3ccc(Br)s3)CC2)C1. The van der Waals surface area contributed by atoms with Crippen LogP contribution in [0, 0.1) is 5.41 Å². The fraction of sp³-hybridized carbons (Fsp3) is 0.625. The van der Waals surface area contributed by atoms with Gasteiger partial charge in [-0.2, -0.15) is 0 Å². The maximum absolute atomic E-state index is 12.5. The first-order chi connectivity index (χ1) is 10.9. The van der Waals surface area contributed by atoms with Crippen molar-refractivity contribution in [3.8, 4) is 0 Å². The molecule has 3 heterocycles. The summed E-state index contributed by atoms with van der Waals surface area (Å²) in [6, 6.07) is 3.92. The number of carbonyl (C=O) groups excluding carboxylic acids is 2. The van der Waals surface area contributed by atoms with E-state index < -0.39 is 0 Å². The molecule has 0 N–H and O–H groups in total. The fourth-order valence-corrected chi connectivity index (χ4v) is 4.51. The lowest BCUT2D eigenvalue weighted by Gasteiger charge is -2.44. The van der Waals surface area contributed by atoms with Crippen LogP contribution >= 0.6 is 27.3 Å². The standard InChI is InChI=1S/C16H21BrN2O3S/c1-16(2)9-19(15(21)22-10-16)11-5-7-18(8-6-11)14(20)12-3-4-13(17)23-12/h3-4,11H,5-10H2,1-2H3. The lowest BCUT2D eigenvalue weighted by atomic mass is 9.91. The summed E-state index contributed by atoms with van der Waals surface area (Å²) in [5.74, 6) is 0.0840. The molecule has 0 saturated carbocycles. The van der Waals surface area contributed by atoms with Gasteiger partial charge in [-0.3, -0.25) is 4.79 Å². The number of rotatable bonds is 2. The van der Waals surface area contributed by atoms with Crippen molar-refractivity contribution in [2.75, 3.05) is 26.2 Å². The summed E-state index contributed by atoms with van der Waals surface area (Å²) >= 11 is 4.85. The number of ether oxygens (including phenoxy) is 1. The van der Waals surface area contributed by atoms with Gasteiger partial charge in [0, 0.05) is 31.1 Å². The van der Waals surface area contributed by atoms with Crippen LogP contribution in [0.25, 0.3) is 0 Å². The Hall–Kier alpha value is -1.08. The molecule has 0 radical (unpaired) electrons. The van der Waals surface area contributed by atoms with Crippen molar-refractivity contribution in [3.63, 3.8) is 0 Å². The van der Waals surface area contributed by atoms with E-state index in [0.29, 0.717) is 19.7 Å². The molecule has 0 aliphatic carbocycles. The van der Waals surface area contributed by atoms with Gasteiger partial charge in [0.2, 0.25) is 0 Å². The lowest BCUT2D eigenvalue weighted by Crippen LogP contribution is -2.55. The van der Waals surface area contributed by atoms with Crippen LogP contribution in [-0.4, -0.2) is 54.1 Å². The largest absolute Gasteiger partial charge is 0.449 e. The third kappa shape index (κ3) is 3.71. The molecule has 3 rings (SSSR count). The molecule has 2 amide bonds. The number of amides is 2. The Bertz CT molecular complexity index is 608. The van der Waals surface area contributed by atoms with E-state index in [0.717, 1.165) is 28.0 Å². The Balaban J connectivity index is 1.60. The molecule has 1 aromatic rings. The van der Waals surface area contributed by atoms with Crippen molar-refractivity contribution in [3.05, 3.63) is 20.8 Å². The van der Waals surface area contributed by atoms with Crippen molar-refractivity contribution in [1.82, 2.24) is 9.80 Å².